The molecule has 1 aromatic carbocycles. The SMILES string of the molecule is CCCNC1CCc2c(OCCc3cccs3)cccc21. The van der Waals surface area contributed by atoms with Crippen LogP contribution in [0.3, 0.4) is 0 Å². The molecule has 1 aliphatic carbocycles. The second-order valence-electron chi connectivity index (χ2n) is 5.55. The van der Waals surface area contributed by atoms with E-state index in [1.165, 1.54) is 28.8 Å². The van der Waals surface area contributed by atoms with Crippen LogP contribution in [-0.4, -0.2) is 13.2 Å². The molecule has 1 atom stereocenters. The summed E-state index contributed by atoms with van der Waals surface area (Å²) in [6.45, 7) is 4.07. The Morgan fingerprint density at radius 2 is 2.24 bits per heavy atom. The lowest BCUT2D eigenvalue weighted by Gasteiger charge is -2.14. The first kappa shape index (κ1) is 14.6. The summed E-state index contributed by atoms with van der Waals surface area (Å²) >= 11 is 1.80. The minimum atomic E-state index is 0.515. The number of fused-ring (bicyclic) bond motifs is 1. The molecule has 1 aliphatic rings. The molecule has 21 heavy (non-hydrogen) atoms. The van der Waals surface area contributed by atoms with Crippen molar-refractivity contribution >= 4 is 11.3 Å². The monoisotopic (exact) mass is 301 g/mol. The van der Waals surface area contributed by atoms with Crippen LogP contribution in [0.1, 0.15) is 41.8 Å². The number of rotatable bonds is 7. The maximum Gasteiger partial charge on any atom is 0.122 e. The largest absolute Gasteiger partial charge is 0.493 e. The van der Waals surface area contributed by atoms with E-state index in [-0.39, 0.29) is 0 Å². The normalized spacial score (nSPS) is 16.9. The molecular formula is C18H23NOS. The van der Waals surface area contributed by atoms with Crippen LogP contribution in [0.15, 0.2) is 35.7 Å². The van der Waals surface area contributed by atoms with Crippen LogP contribution in [0.5, 0.6) is 5.75 Å². The number of hydrogen-bond acceptors (Lipinski definition) is 3. The van der Waals surface area contributed by atoms with Crippen LogP contribution in [0, 0.1) is 0 Å². The lowest BCUT2D eigenvalue weighted by atomic mass is 10.1. The number of thiophene rings is 1. The van der Waals surface area contributed by atoms with E-state index >= 15 is 0 Å². The fourth-order valence-electron chi connectivity index (χ4n) is 3.00. The molecule has 1 N–H and O–H groups in total. The molecule has 0 amide bonds. The molecule has 0 fully saturated rings. The van der Waals surface area contributed by atoms with Gasteiger partial charge in [0, 0.05) is 17.3 Å². The second kappa shape index (κ2) is 7.10. The number of hydrogen-bond donors (Lipinski definition) is 1. The van der Waals surface area contributed by atoms with Gasteiger partial charge in [0.05, 0.1) is 6.61 Å². The Hall–Kier alpha value is -1.32. The highest BCUT2D eigenvalue weighted by molar-refractivity contribution is 7.09. The Balaban J connectivity index is 1.63. The molecule has 0 saturated heterocycles. The van der Waals surface area contributed by atoms with Gasteiger partial charge in [-0.05, 0) is 54.4 Å². The molecular weight excluding hydrogens is 278 g/mol. The predicted molar refractivity (Wildman–Crippen MR) is 89.3 cm³/mol. The number of ether oxygens (including phenoxy) is 1. The average Bonchev–Trinajstić information content (AvgIpc) is 3.15. The van der Waals surface area contributed by atoms with Crippen LogP contribution in [0.2, 0.25) is 0 Å². The van der Waals surface area contributed by atoms with Crippen LogP contribution < -0.4 is 10.1 Å². The molecule has 3 heteroatoms. The fourth-order valence-corrected chi connectivity index (χ4v) is 3.69. The van der Waals surface area contributed by atoms with E-state index in [1.54, 1.807) is 11.3 Å². The predicted octanol–water partition coefficient (Wildman–Crippen LogP) is 4.36. The van der Waals surface area contributed by atoms with E-state index in [1.807, 2.05) is 0 Å². The minimum Gasteiger partial charge on any atom is -0.493 e. The lowest BCUT2D eigenvalue weighted by molar-refractivity contribution is 0.320. The second-order valence-corrected chi connectivity index (χ2v) is 6.58. The van der Waals surface area contributed by atoms with Crippen LogP contribution in [0.4, 0.5) is 0 Å². The van der Waals surface area contributed by atoms with Crippen molar-refractivity contribution in [2.45, 2.75) is 38.6 Å². The lowest BCUT2D eigenvalue weighted by Crippen LogP contribution is -2.19. The van der Waals surface area contributed by atoms with Crippen molar-refractivity contribution in [2.24, 2.45) is 0 Å². The third-order valence-corrected chi connectivity index (χ3v) is 4.99. The summed E-state index contributed by atoms with van der Waals surface area (Å²) in [5.74, 6) is 1.09. The van der Waals surface area contributed by atoms with E-state index in [2.05, 4.69) is 48.0 Å². The molecule has 0 bridgehead atoms. The van der Waals surface area contributed by atoms with E-state index in [0.29, 0.717) is 6.04 Å². The van der Waals surface area contributed by atoms with E-state index in [4.69, 9.17) is 4.74 Å². The summed E-state index contributed by atoms with van der Waals surface area (Å²) in [7, 11) is 0. The van der Waals surface area contributed by atoms with Crippen LogP contribution in [-0.2, 0) is 12.8 Å². The minimum absolute atomic E-state index is 0.515. The molecule has 0 radical (unpaired) electrons. The first-order valence-electron chi connectivity index (χ1n) is 7.89. The third kappa shape index (κ3) is 3.47. The Morgan fingerprint density at radius 3 is 3.05 bits per heavy atom. The summed E-state index contributed by atoms with van der Waals surface area (Å²) in [5, 5.41) is 5.76. The van der Waals surface area contributed by atoms with Gasteiger partial charge in [-0.15, -0.1) is 11.3 Å². The van der Waals surface area contributed by atoms with Crippen LogP contribution >= 0.6 is 11.3 Å². The summed E-state index contributed by atoms with van der Waals surface area (Å²) in [6.07, 6.45) is 4.51. The highest BCUT2D eigenvalue weighted by Gasteiger charge is 2.24. The van der Waals surface area contributed by atoms with E-state index < -0.39 is 0 Å². The average molecular weight is 301 g/mol. The molecule has 0 saturated carbocycles. The van der Waals surface area contributed by atoms with Gasteiger partial charge < -0.3 is 10.1 Å². The van der Waals surface area contributed by atoms with Crippen molar-refractivity contribution in [3.05, 3.63) is 51.7 Å². The van der Waals surface area contributed by atoms with Crippen molar-refractivity contribution in [1.82, 2.24) is 5.32 Å². The van der Waals surface area contributed by atoms with Gasteiger partial charge in [-0.3, -0.25) is 0 Å². The molecule has 3 rings (SSSR count). The first-order valence-corrected chi connectivity index (χ1v) is 8.77. The zero-order valence-electron chi connectivity index (χ0n) is 12.6. The van der Waals surface area contributed by atoms with Gasteiger partial charge in [-0.2, -0.15) is 0 Å². The van der Waals surface area contributed by atoms with Gasteiger partial charge in [0.1, 0.15) is 5.75 Å². The standard InChI is InChI=1S/C18H23NOS/c1-2-11-19-17-9-8-16-15(17)6-3-7-18(16)20-12-10-14-5-4-13-21-14/h3-7,13,17,19H,2,8-12H2,1H3. The van der Waals surface area contributed by atoms with Gasteiger partial charge in [-0.25, -0.2) is 0 Å². The molecule has 1 heterocycles. The summed E-state index contributed by atoms with van der Waals surface area (Å²) in [6, 6.07) is 11.3. The van der Waals surface area contributed by atoms with Crippen LogP contribution in [0.25, 0.3) is 0 Å². The zero-order chi connectivity index (χ0) is 14.5. The molecule has 1 unspecified atom stereocenters. The van der Waals surface area contributed by atoms with Crippen molar-refractivity contribution in [1.29, 1.82) is 0 Å². The maximum atomic E-state index is 6.05. The van der Waals surface area contributed by atoms with Gasteiger partial charge >= 0.3 is 0 Å². The topological polar surface area (TPSA) is 21.3 Å². The van der Waals surface area contributed by atoms with Gasteiger partial charge in [0.15, 0.2) is 0 Å². The fraction of sp³-hybridized carbons (Fsp3) is 0.444. The van der Waals surface area contributed by atoms with E-state index in [0.717, 1.165) is 31.7 Å². The molecule has 2 aromatic rings. The zero-order valence-corrected chi connectivity index (χ0v) is 13.4. The Morgan fingerprint density at radius 1 is 1.29 bits per heavy atom. The molecule has 1 aromatic heterocycles. The van der Waals surface area contributed by atoms with Gasteiger partial charge in [0.2, 0.25) is 0 Å². The smallest absolute Gasteiger partial charge is 0.122 e. The number of benzene rings is 1. The van der Waals surface area contributed by atoms with Crippen molar-refractivity contribution in [3.63, 3.8) is 0 Å². The summed E-state index contributed by atoms with van der Waals surface area (Å²) in [4.78, 5) is 1.39. The quantitative estimate of drug-likeness (QED) is 0.820. The summed E-state index contributed by atoms with van der Waals surface area (Å²) < 4.78 is 6.05. The van der Waals surface area contributed by atoms with Crippen molar-refractivity contribution in [3.8, 4) is 5.75 Å². The van der Waals surface area contributed by atoms with Crippen molar-refractivity contribution in [2.75, 3.05) is 13.2 Å². The van der Waals surface area contributed by atoms with E-state index in [9.17, 15) is 0 Å². The first-order chi connectivity index (χ1) is 10.4. The summed E-state index contributed by atoms with van der Waals surface area (Å²) in [5.41, 5.74) is 2.86. The molecule has 2 nitrogen and oxygen atoms in total. The Bertz CT molecular complexity index is 565. The number of nitrogens with one attached hydrogen (secondary N) is 1. The van der Waals surface area contributed by atoms with Crippen molar-refractivity contribution < 1.29 is 4.74 Å². The maximum absolute atomic E-state index is 6.05. The Kier molecular flexibility index (Phi) is 4.94. The van der Waals surface area contributed by atoms with Gasteiger partial charge in [0.25, 0.3) is 0 Å². The Labute approximate surface area is 131 Å². The molecule has 0 spiro atoms. The highest BCUT2D eigenvalue weighted by Crippen LogP contribution is 2.36. The highest BCUT2D eigenvalue weighted by atomic mass is 32.1. The molecule has 112 valence electrons. The molecule has 0 aliphatic heterocycles. The van der Waals surface area contributed by atoms with Gasteiger partial charge in [-0.1, -0.05) is 25.1 Å². The third-order valence-electron chi connectivity index (χ3n) is 4.05.